The van der Waals surface area contributed by atoms with Crippen LogP contribution < -0.4 is 9.47 Å². The predicted octanol–water partition coefficient (Wildman–Crippen LogP) is 4.55. The molecule has 4 nitrogen and oxygen atoms in total. The van der Waals surface area contributed by atoms with Crippen molar-refractivity contribution in [1.82, 2.24) is 0 Å². The molecule has 0 saturated heterocycles. The monoisotopic (exact) mass is 344 g/mol. The van der Waals surface area contributed by atoms with Gasteiger partial charge in [0.05, 0.1) is 7.11 Å². The molecule has 1 aromatic rings. The van der Waals surface area contributed by atoms with Crippen LogP contribution >= 0.6 is 0 Å². The van der Waals surface area contributed by atoms with Gasteiger partial charge < -0.3 is 14.2 Å². The number of esters is 1. The van der Waals surface area contributed by atoms with Crippen LogP contribution in [0.3, 0.4) is 0 Å². The smallest absolute Gasteiger partial charge is 0.306 e. The SMILES string of the molecule is CCCCc1ccc(OC)c2c1[C@@H]1C=C[C@H](OC(=O)CCC)C[C@@H]1O2. The number of aryl methyl sites for hydroxylation is 1. The summed E-state index contributed by atoms with van der Waals surface area (Å²) in [4.78, 5) is 11.8. The van der Waals surface area contributed by atoms with E-state index in [1.54, 1.807) is 7.11 Å². The highest BCUT2D eigenvalue weighted by molar-refractivity contribution is 5.69. The molecular weight excluding hydrogens is 316 g/mol. The number of methoxy groups -OCH3 is 1. The Labute approximate surface area is 150 Å². The molecule has 0 N–H and O–H groups in total. The average Bonchev–Trinajstić information content (AvgIpc) is 2.98. The first-order valence-corrected chi connectivity index (χ1v) is 9.42. The molecule has 0 unspecified atom stereocenters. The number of unbranched alkanes of at least 4 members (excludes halogenated alkanes) is 1. The van der Waals surface area contributed by atoms with E-state index in [4.69, 9.17) is 14.2 Å². The lowest BCUT2D eigenvalue weighted by atomic mass is 9.84. The first-order chi connectivity index (χ1) is 12.2. The highest BCUT2D eigenvalue weighted by atomic mass is 16.6. The Bertz CT molecular complexity index is 650. The van der Waals surface area contributed by atoms with Crippen molar-refractivity contribution in [3.63, 3.8) is 0 Å². The molecule has 0 bridgehead atoms. The molecule has 1 aliphatic carbocycles. The van der Waals surface area contributed by atoms with Crippen molar-refractivity contribution in [2.24, 2.45) is 0 Å². The Morgan fingerprint density at radius 2 is 2.08 bits per heavy atom. The van der Waals surface area contributed by atoms with Crippen LogP contribution in [0.5, 0.6) is 11.5 Å². The lowest BCUT2D eigenvalue weighted by Gasteiger charge is -2.26. The summed E-state index contributed by atoms with van der Waals surface area (Å²) in [6.45, 7) is 4.19. The highest BCUT2D eigenvalue weighted by Gasteiger charge is 2.40. The summed E-state index contributed by atoms with van der Waals surface area (Å²) in [6, 6.07) is 4.17. The summed E-state index contributed by atoms with van der Waals surface area (Å²) in [5.74, 6) is 1.75. The maximum absolute atomic E-state index is 11.8. The van der Waals surface area contributed by atoms with Crippen LogP contribution in [0.25, 0.3) is 0 Å². The van der Waals surface area contributed by atoms with Gasteiger partial charge in [0.25, 0.3) is 0 Å². The topological polar surface area (TPSA) is 44.8 Å². The molecule has 25 heavy (non-hydrogen) atoms. The molecule has 0 amide bonds. The van der Waals surface area contributed by atoms with E-state index in [9.17, 15) is 4.79 Å². The fourth-order valence-electron chi connectivity index (χ4n) is 3.75. The van der Waals surface area contributed by atoms with Crippen molar-refractivity contribution in [2.45, 2.75) is 70.5 Å². The molecule has 3 atom stereocenters. The zero-order valence-corrected chi connectivity index (χ0v) is 15.4. The minimum atomic E-state index is -0.195. The molecule has 2 aliphatic rings. The molecule has 4 heteroatoms. The Hall–Kier alpha value is -1.97. The third kappa shape index (κ3) is 3.68. The number of carbonyl (C=O) groups is 1. The maximum Gasteiger partial charge on any atom is 0.306 e. The summed E-state index contributed by atoms with van der Waals surface area (Å²) < 4.78 is 17.3. The molecule has 0 saturated carbocycles. The number of ether oxygens (including phenoxy) is 3. The van der Waals surface area contributed by atoms with Crippen LogP contribution in [0.4, 0.5) is 0 Å². The van der Waals surface area contributed by atoms with Gasteiger partial charge in [0, 0.05) is 24.3 Å². The third-order valence-electron chi connectivity index (χ3n) is 5.01. The number of carbonyl (C=O) groups excluding carboxylic acids is 1. The molecule has 3 rings (SSSR count). The maximum atomic E-state index is 11.8. The van der Waals surface area contributed by atoms with E-state index >= 15 is 0 Å². The van der Waals surface area contributed by atoms with Gasteiger partial charge in [0.2, 0.25) is 0 Å². The van der Waals surface area contributed by atoms with Gasteiger partial charge in [0.1, 0.15) is 12.2 Å². The van der Waals surface area contributed by atoms with Crippen molar-refractivity contribution in [3.05, 3.63) is 35.4 Å². The van der Waals surface area contributed by atoms with Gasteiger partial charge in [-0.05, 0) is 37.0 Å². The van der Waals surface area contributed by atoms with Crippen molar-refractivity contribution in [2.75, 3.05) is 7.11 Å². The van der Waals surface area contributed by atoms with E-state index < -0.39 is 0 Å². The second-order valence-electron chi connectivity index (χ2n) is 6.85. The van der Waals surface area contributed by atoms with E-state index in [0.717, 1.165) is 30.8 Å². The molecule has 1 heterocycles. The van der Waals surface area contributed by atoms with Crippen molar-refractivity contribution in [3.8, 4) is 11.5 Å². The first kappa shape index (κ1) is 17.8. The van der Waals surface area contributed by atoms with E-state index in [-0.39, 0.29) is 24.1 Å². The van der Waals surface area contributed by atoms with Crippen molar-refractivity contribution >= 4 is 5.97 Å². The number of hydrogen-bond donors (Lipinski definition) is 0. The number of fused-ring (bicyclic) bond motifs is 3. The summed E-state index contributed by atoms with van der Waals surface area (Å²) in [5, 5.41) is 0. The van der Waals surface area contributed by atoms with Gasteiger partial charge in [-0.15, -0.1) is 0 Å². The van der Waals surface area contributed by atoms with Gasteiger partial charge >= 0.3 is 5.97 Å². The molecule has 0 fully saturated rings. The van der Waals surface area contributed by atoms with E-state index in [1.807, 2.05) is 19.1 Å². The molecule has 0 spiro atoms. The lowest BCUT2D eigenvalue weighted by Crippen LogP contribution is -2.30. The van der Waals surface area contributed by atoms with Crippen LogP contribution in [0.2, 0.25) is 0 Å². The van der Waals surface area contributed by atoms with Crippen molar-refractivity contribution < 1.29 is 19.0 Å². The summed E-state index contributed by atoms with van der Waals surface area (Å²) >= 11 is 0. The molecule has 0 aromatic heterocycles. The zero-order chi connectivity index (χ0) is 17.8. The Balaban J connectivity index is 1.82. The van der Waals surface area contributed by atoms with Gasteiger partial charge in [0.15, 0.2) is 11.5 Å². The Morgan fingerprint density at radius 1 is 1.24 bits per heavy atom. The van der Waals surface area contributed by atoms with Gasteiger partial charge in [-0.25, -0.2) is 0 Å². The molecular formula is C21H28O4. The molecule has 1 aliphatic heterocycles. The second-order valence-corrected chi connectivity index (χ2v) is 6.85. The van der Waals surface area contributed by atoms with Crippen LogP contribution in [0, 0.1) is 0 Å². The number of hydrogen-bond acceptors (Lipinski definition) is 4. The van der Waals surface area contributed by atoms with Crippen LogP contribution in [0.1, 0.15) is 63.0 Å². The normalized spacial score (nSPS) is 23.6. The highest BCUT2D eigenvalue weighted by Crippen LogP contribution is 2.49. The minimum Gasteiger partial charge on any atom is -0.493 e. The summed E-state index contributed by atoms with van der Waals surface area (Å²) in [7, 11) is 1.68. The fourth-order valence-corrected chi connectivity index (χ4v) is 3.75. The Kier molecular flexibility index (Phi) is 5.67. The standard InChI is InChI=1S/C21H28O4/c1-4-6-8-14-9-12-17(23-3)21-20(14)16-11-10-15(13-18(16)25-21)24-19(22)7-5-2/h9-12,15-16,18H,4-8,13H2,1-3H3/t15-,16+,18-/m0/s1. The zero-order valence-electron chi connectivity index (χ0n) is 15.4. The van der Waals surface area contributed by atoms with Crippen LogP contribution in [-0.4, -0.2) is 25.3 Å². The summed E-state index contributed by atoms with van der Waals surface area (Å²) in [6.07, 6.45) is 9.35. The molecule has 0 radical (unpaired) electrons. The quantitative estimate of drug-likeness (QED) is 0.537. The number of benzene rings is 1. The average molecular weight is 344 g/mol. The third-order valence-corrected chi connectivity index (χ3v) is 5.01. The summed E-state index contributed by atoms with van der Waals surface area (Å²) in [5.41, 5.74) is 2.60. The van der Waals surface area contributed by atoms with Gasteiger partial charge in [-0.1, -0.05) is 32.4 Å². The minimum absolute atomic E-state index is 0.0103. The van der Waals surface area contributed by atoms with Gasteiger partial charge in [-0.2, -0.15) is 0 Å². The van der Waals surface area contributed by atoms with Crippen LogP contribution in [0.15, 0.2) is 24.3 Å². The molecule has 1 aromatic carbocycles. The fraction of sp³-hybridized carbons (Fsp3) is 0.571. The van der Waals surface area contributed by atoms with Crippen LogP contribution in [-0.2, 0) is 16.0 Å². The van der Waals surface area contributed by atoms with E-state index in [1.165, 1.54) is 17.5 Å². The second kappa shape index (κ2) is 7.94. The largest absolute Gasteiger partial charge is 0.493 e. The number of rotatable bonds is 7. The van der Waals surface area contributed by atoms with E-state index in [0.29, 0.717) is 12.8 Å². The van der Waals surface area contributed by atoms with E-state index in [2.05, 4.69) is 19.1 Å². The van der Waals surface area contributed by atoms with Gasteiger partial charge in [-0.3, -0.25) is 4.79 Å². The van der Waals surface area contributed by atoms with Crippen molar-refractivity contribution in [1.29, 1.82) is 0 Å². The molecule has 136 valence electrons. The first-order valence-electron chi connectivity index (χ1n) is 9.42. The predicted molar refractivity (Wildman–Crippen MR) is 97.3 cm³/mol. The lowest BCUT2D eigenvalue weighted by molar-refractivity contribution is -0.148. The Morgan fingerprint density at radius 3 is 2.80 bits per heavy atom.